The number of pyridine rings is 1. The van der Waals surface area contributed by atoms with Gasteiger partial charge in [-0.3, -0.25) is 4.79 Å². The fraction of sp³-hybridized carbons (Fsp3) is 0.304. The van der Waals surface area contributed by atoms with E-state index in [1.165, 1.54) is 0 Å². The molecule has 3 aromatic rings. The summed E-state index contributed by atoms with van der Waals surface area (Å²) in [5, 5.41) is 14.3. The number of aryl methyl sites for hydroxylation is 2. The number of hydrogen-bond acceptors (Lipinski definition) is 3. The van der Waals surface area contributed by atoms with Crippen LogP contribution in [0.4, 0.5) is 0 Å². The van der Waals surface area contributed by atoms with Gasteiger partial charge in [-0.2, -0.15) is 0 Å². The number of rotatable bonds is 6. The minimum absolute atomic E-state index is 0.0189. The van der Waals surface area contributed by atoms with Crippen LogP contribution in [-0.4, -0.2) is 33.3 Å². The topological polar surface area (TPSA) is 68.4 Å². The Morgan fingerprint density at radius 1 is 1.21 bits per heavy atom. The van der Waals surface area contributed by atoms with Crippen molar-refractivity contribution in [2.75, 3.05) is 13.2 Å². The zero-order chi connectivity index (χ0) is 21.0. The van der Waals surface area contributed by atoms with Gasteiger partial charge in [-0.1, -0.05) is 42.5 Å². The summed E-state index contributed by atoms with van der Waals surface area (Å²) in [6.45, 7) is 6.69. The Hall–Kier alpha value is -2.70. The molecule has 0 bridgehead atoms. The Bertz CT molecular complexity index is 1060. The van der Waals surface area contributed by atoms with Crippen LogP contribution in [0.15, 0.2) is 53.3 Å². The number of H-pyrrole nitrogens is 1. The zero-order valence-corrected chi connectivity index (χ0v) is 17.8. The summed E-state index contributed by atoms with van der Waals surface area (Å²) >= 11 is 5.58. The molecule has 0 saturated carbocycles. The molecular weight excluding hydrogens is 382 g/mol. The summed E-state index contributed by atoms with van der Waals surface area (Å²) < 4.78 is 0. The molecule has 152 valence electrons. The number of aliphatic hydroxyl groups is 1. The predicted molar refractivity (Wildman–Crippen MR) is 122 cm³/mol. The number of aliphatic hydroxyl groups excluding tert-OH is 1. The van der Waals surface area contributed by atoms with E-state index in [0.717, 1.165) is 27.6 Å². The van der Waals surface area contributed by atoms with Gasteiger partial charge in [-0.25, -0.2) is 0 Å². The third kappa shape index (κ3) is 4.83. The summed E-state index contributed by atoms with van der Waals surface area (Å²) in [6.07, 6.45) is 0. The molecule has 2 aromatic carbocycles. The van der Waals surface area contributed by atoms with Gasteiger partial charge in [0.05, 0.1) is 24.7 Å². The van der Waals surface area contributed by atoms with Crippen molar-refractivity contribution in [3.63, 3.8) is 0 Å². The Balaban J connectivity index is 1.83. The van der Waals surface area contributed by atoms with Crippen molar-refractivity contribution < 1.29 is 5.11 Å². The molecule has 1 atom stereocenters. The maximum Gasteiger partial charge on any atom is 0.253 e. The maximum absolute atomic E-state index is 12.7. The molecule has 6 heteroatoms. The Morgan fingerprint density at radius 3 is 2.62 bits per heavy atom. The van der Waals surface area contributed by atoms with Crippen molar-refractivity contribution in [3.8, 4) is 0 Å². The standard InChI is InChI=1S/C23H27N3O2S/c1-15-9-10-19-13-20(22(28)25-21(19)16(15)2)14-26(11-12-27)23(29)24-17(3)18-7-5-4-6-8-18/h4-10,13,17,27H,11-12,14H2,1-3H3,(H,24,29)(H,25,28). The van der Waals surface area contributed by atoms with Gasteiger partial charge in [-0.05, 0) is 61.1 Å². The monoisotopic (exact) mass is 409 g/mol. The summed E-state index contributed by atoms with van der Waals surface area (Å²) in [7, 11) is 0. The van der Waals surface area contributed by atoms with Crippen LogP contribution in [-0.2, 0) is 6.54 Å². The van der Waals surface area contributed by atoms with Crippen molar-refractivity contribution in [2.24, 2.45) is 0 Å². The number of fused-ring (bicyclic) bond motifs is 1. The number of hydrogen-bond donors (Lipinski definition) is 3. The van der Waals surface area contributed by atoms with Crippen LogP contribution in [0.25, 0.3) is 10.9 Å². The third-order valence-electron chi connectivity index (χ3n) is 5.29. The van der Waals surface area contributed by atoms with Gasteiger partial charge < -0.3 is 20.3 Å². The van der Waals surface area contributed by atoms with Crippen LogP contribution in [0.3, 0.4) is 0 Å². The van der Waals surface area contributed by atoms with Crippen molar-refractivity contribution in [1.29, 1.82) is 0 Å². The van der Waals surface area contributed by atoms with Crippen LogP contribution >= 0.6 is 12.2 Å². The third-order valence-corrected chi connectivity index (χ3v) is 5.66. The highest BCUT2D eigenvalue weighted by molar-refractivity contribution is 7.80. The molecule has 29 heavy (non-hydrogen) atoms. The summed E-state index contributed by atoms with van der Waals surface area (Å²) in [5.74, 6) is 0. The van der Waals surface area contributed by atoms with E-state index in [1.807, 2.05) is 68.1 Å². The minimum Gasteiger partial charge on any atom is -0.395 e. The number of aromatic amines is 1. The van der Waals surface area contributed by atoms with E-state index in [-0.39, 0.29) is 18.2 Å². The molecule has 1 unspecified atom stereocenters. The molecule has 0 aliphatic heterocycles. The van der Waals surface area contributed by atoms with Crippen LogP contribution in [0, 0.1) is 13.8 Å². The molecule has 0 spiro atoms. The number of nitrogens with zero attached hydrogens (tertiary/aromatic N) is 1. The molecule has 1 heterocycles. The molecule has 0 amide bonds. The lowest BCUT2D eigenvalue weighted by molar-refractivity contribution is 0.244. The smallest absolute Gasteiger partial charge is 0.253 e. The van der Waals surface area contributed by atoms with E-state index in [2.05, 4.69) is 16.4 Å². The predicted octanol–water partition coefficient (Wildman–Crippen LogP) is 3.57. The number of thiocarbonyl (C=S) groups is 1. The van der Waals surface area contributed by atoms with E-state index in [1.54, 1.807) is 0 Å². The van der Waals surface area contributed by atoms with Crippen molar-refractivity contribution in [2.45, 2.75) is 33.4 Å². The molecule has 1 aromatic heterocycles. The summed E-state index contributed by atoms with van der Waals surface area (Å²) in [4.78, 5) is 17.5. The quantitative estimate of drug-likeness (QED) is 0.543. The van der Waals surface area contributed by atoms with Gasteiger partial charge in [-0.15, -0.1) is 0 Å². The highest BCUT2D eigenvalue weighted by Gasteiger charge is 2.16. The molecule has 0 saturated heterocycles. The maximum atomic E-state index is 12.7. The number of nitrogens with one attached hydrogen (secondary N) is 2. The van der Waals surface area contributed by atoms with Gasteiger partial charge in [0.15, 0.2) is 5.11 Å². The molecule has 0 aliphatic rings. The van der Waals surface area contributed by atoms with E-state index in [4.69, 9.17) is 12.2 Å². The molecule has 5 nitrogen and oxygen atoms in total. The SMILES string of the molecule is Cc1ccc2cc(CN(CCO)C(=S)NC(C)c3ccccc3)c(=O)[nH]c2c1C. The van der Waals surface area contributed by atoms with Gasteiger partial charge in [0.1, 0.15) is 0 Å². The second-order valence-electron chi connectivity index (χ2n) is 7.32. The first-order chi connectivity index (χ1) is 13.9. The Labute approximate surface area is 176 Å². The van der Waals surface area contributed by atoms with Crippen LogP contribution in [0.2, 0.25) is 0 Å². The summed E-state index contributed by atoms with van der Waals surface area (Å²) in [5.41, 5.74) is 4.69. The fourth-order valence-electron chi connectivity index (χ4n) is 3.37. The van der Waals surface area contributed by atoms with Gasteiger partial charge in [0.2, 0.25) is 0 Å². The number of aromatic nitrogens is 1. The minimum atomic E-state index is -0.131. The highest BCUT2D eigenvalue weighted by Crippen LogP contribution is 2.19. The number of benzene rings is 2. The first kappa shape index (κ1) is 21.0. The highest BCUT2D eigenvalue weighted by atomic mass is 32.1. The molecular formula is C23H27N3O2S. The first-order valence-electron chi connectivity index (χ1n) is 9.74. The second-order valence-corrected chi connectivity index (χ2v) is 7.71. The van der Waals surface area contributed by atoms with Crippen molar-refractivity contribution >= 4 is 28.2 Å². The lowest BCUT2D eigenvalue weighted by Crippen LogP contribution is -2.42. The largest absolute Gasteiger partial charge is 0.395 e. The van der Waals surface area contributed by atoms with E-state index < -0.39 is 0 Å². The van der Waals surface area contributed by atoms with Crippen LogP contribution in [0.5, 0.6) is 0 Å². The first-order valence-corrected chi connectivity index (χ1v) is 10.1. The Morgan fingerprint density at radius 2 is 1.93 bits per heavy atom. The van der Waals surface area contributed by atoms with E-state index in [0.29, 0.717) is 23.8 Å². The van der Waals surface area contributed by atoms with Crippen LogP contribution in [0.1, 0.15) is 35.2 Å². The van der Waals surface area contributed by atoms with Crippen LogP contribution < -0.4 is 10.9 Å². The van der Waals surface area contributed by atoms with Gasteiger partial charge in [0.25, 0.3) is 5.56 Å². The van der Waals surface area contributed by atoms with Crippen molar-refractivity contribution in [3.05, 3.63) is 81.1 Å². The summed E-state index contributed by atoms with van der Waals surface area (Å²) in [6, 6.07) is 16.0. The lowest BCUT2D eigenvalue weighted by atomic mass is 10.0. The second kappa shape index (κ2) is 9.20. The average molecular weight is 410 g/mol. The zero-order valence-electron chi connectivity index (χ0n) is 17.0. The normalized spacial score (nSPS) is 12.0. The molecule has 0 aliphatic carbocycles. The molecule has 0 radical (unpaired) electrons. The van der Waals surface area contributed by atoms with E-state index >= 15 is 0 Å². The van der Waals surface area contributed by atoms with Gasteiger partial charge in [0, 0.05) is 12.1 Å². The van der Waals surface area contributed by atoms with E-state index in [9.17, 15) is 9.90 Å². The fourth-order valence-corrected chi connectivity index (χ4v) is 3.70. The average Bonchev–Trinajstić information content (AvgIpc) is 2.72. The lowest BCUT2D eigenvalue weighted by Gasteiger charge is -2.27. The van der Waals surface area contributed by atoms with Crippen molar-refractivity contribution in [1.82, 2.24) is 15.2 Å². The molecule has 3 N–H and O–H groups in total. The molecule has 0 fully saturated rings. The molecule has 3 rings (SSSR count). The van der Waals surface area contributed by atoms with Gasteiger partial charge >= 0.3 is 0 Å². The Kier molecular flexibility index (Phi) is 6.67.